The molecule has 0 radical (unpaired) electrons. The first-order valence-corrected chi connectivity index (χ1v) is 8.92. The molecule has 1 saturated heterocycles. The number of carbonyl (C=O) groups excluding carboxylic acids is 2. The maximum Gasteiger partial charge on any atom is 0.285 e. The number of anilines is 2. The Bertz CT molecular complexity index is 748. The fourth-order valence-electron chi connectivity index (χ4n) is 3.10. The number of aromatic nitrogens is 1. The Morgan fingerprint density at radius 3 is 2.38 bits per heavy atom. The first-order chi connectivity index (χ1) is 11.7. The van der Waals surface area contributed by atoms with Crippen LogP contribution in [-0.4, -0.2) is 54.4 Å². The number of piperazine rings is 1. The third-order valence-electron chi connectivity index (χ3n) is 4.52. The number of thiazole rings is 1. The molecule has 2 amide bonds. The molecule has 0 saturated carbocycles. The van der Waals surface area contributed by atoms with E-state index in [4.69, 9.17) is 0 Å². The zero-order valence-electron chi connectivity index (χ0n) is 13.4. The smallest absolute Gasteiger partial charge is 0.285 e. The zero-order chi connectivity index (χ0) is 16.7. The van der Waals surface area contributed by atoms with Crippen molar-refractivity contribution >= 4 is 34.0 Å². The number of benzene rings is 1. The molecule has 0 spiro atoms. The number of hydrogen-bond donors (Lipinski definition) is 0. The van der Waals surface area contributed by atoms with Gasteiger partial charge in [0.1, 0.15) is 4.88 Å². The van der Waals surface area contributed by atoms with Crippen LogP contribution in [0.2, 0.25) is 0 Å². The van der Waals surface area contributed by atoms with Gasteiger partial charge in [-0.2, -0.15) is 0 Å². The van der Waals surface area contributed by atoms with E-state index in [0.29, 0.717) is 16.3 Å². The maximum atomic E-state index is 12.7. The summed E-state index contributed by atoms with van der Waals surface area (Å²) in [6.45, 7) is 6.93. The van der Waals surface area contributed by atoms with Crippen molar-refractivity contribution in [2.45, 2.75) is 6.92 Å². The lowest BCUT2D eigenvalue weighted by molar-refractivity contribution is 0.0925. The van der Waals surface area contributed by atoms with Crippen LogP contribution in [0.4, 0.5) is 10.8 Å². The first kappa shape index (κ1) is 15.3. The fourth-order valence-corrected chi connectivity index (χ4v) is 4.14. The van der Waals surface area contributed by atoms with E-state index in [1.807, 2.05) is 18.2 Å². The number of carbonyl (C=O) groups is 2. The predicted octanol–water partition coefficient (Wildman–Crippen LogP) is 2.09. The molecule has 0 aliphatic carbocycles. The molecule has 1 fully saturated rings. The molecule has 1 aromatic heterocycles. The van der Waals surface area contributed by atoms with Crippen LogP contribution >= 0.6 is 11.3 Å². The molecular formula is C17H18N4O2S. The van der Waals surface area contributed by atoms with Gasteiger partial charge in [0.25, 0.3) is 11.8 Å². The van der Waals surface area contributed by atoms with Crippen molar-refractivity contribution in [3.8, 4) is 0 Å². The first-order valence-electron chi connectivity index (χ1n) is 8.11. The molecule has 4 rings (SSSR count). The lowest BCUT2D eigenvalue weighted by Gasteiger charge is -2.33. The molecule has 2 aliphatic heterocycles. The van der Waals surface area contributed by atoms with E-state index < -0.39 is 0 Å². The molecule has 7 heteroatoms. The number of nitrogens with zero attached hydrogens (tertiary/aromatic N) is 4. The third kappa shape index (κ3) is 2.40. The molecule has 3 heterocycles. The number of imide groups is 1. The van der Waals surface area contributed by atoms with Crippen LogP contribution in [0.15, 0.2) is 30.3 Å². The fraction of sp³-hybridized carbons (Fsp3) is 0.353. The number of rotatable bonds is 3. The van der Waals surface area contributed by atoms with Gasteiger partial charge in [0, 0.05) is 26.2 Å². The van der Waals surface area contributed by atoms with Gasteiger partial charge in [0.2, 0.25) is 0 Å². The zero-order valence-corrected chi connectivity index (χ0v) is 14.3. The molecule has 24 heavy (non-hydrogen) atoms. The van der Waals surface area contributed by atoms with Gasteiger partial charge in [-0.05, 0) is 18.7 Å². The third-order valence-corrected chi connectivity index (χ3v) is 5.63. The summed E-state index contributed by atoms with van der Waals surface area (Å²) in [5, 5.41) is 0.783. The van der Waals surface area contributed by atoms with Crippen molar-refractivity contribution in [1.82, 2.24) is 9.88 Å². The summed E-state index contributed by atoms with van der Waals surface area (Å²) in [4.78, 5) is 36.0. The van der Waals surface area contributed by atoms with Crippen molar-refractivity contribution in [2.75, 3.05) is 42.5 Å². The Balaban J connectivity index is 1.58. The number of para-hydroxylation sites is 1. The largest absolute Gasteiger partial charge is 0.345 e. The molecular weight excluding hydrogens is 324 g/mol. The van der Waals surface area contributed by atoms with Crippen LogP contribution in [0.25, 0.3) is 0 Å². The number of fused-ring (bicyclic) bond motifs is 1. The van der Waals surface area contributed by atoms with Gasteiger partial charge >= 0.3 is 0 Å². The van der Waals surface area contributed by atoms with Gasteiger partial charge in [-0.25, -0.2) is 9.88 Å². The number of hydrogen-bond acceptors (Lipinski definition) is 6. The summed E-state index contributed by atoms with van der Waals surface area (Å²) < 4.78 is 0. The second-order valence-electron chi connectivity index (χ2n) is 5.88. The van der Waals surface area contributed by atoms with Crippen molar-refractivity contribution in [2.24, 2.45) is 0 Å². The highest BCUT2D eigenvalue weighted by Gasteiger charge is 2.41. The van der Waals surface area contributed by atoms with Crippen LogP contribution < -0.4 is 9.80 Å². The van der Waals surface area contributed by atoms with Gasteiger partial charge in [-0.15, -0.1) is 0 Å². The Morgan fingerprint density at radius 2 is 1.75 bits per heavy atom. The molecule has 0 bridgehead atoms. The topological polar surface area (TPSA) is 56.8 Å². The average Bonchev–Trinajstić information content (AvgIpc) is 3.16. The van der Waals surface area contributed by atoms with Crippen LogP contribution in [0.5, 0.6) is 0 Å². The van der Waals surface area contributed by atoms with E-state index in [2.05, 4.69) is 21.7 Å². The molecule has 1 aromatic carbocycles. The number of likely N-dealkylation sites (N-methyl/N-ethyl adjacent to an activating group) is 1. The van der Waals surface area contributed by atoms with E-state index in [-0.39, 0.29) is 11.8 Å². The van der Waals surface area contributed by atoms with E-state index in [9.17, 15) is 9.59 Å². The van der Waals surface area contributed by atoms with Gasteiger partial charge in [-0.3, -0.25) is 9.59 Å². The molecule has 0 unspecified atom stereocenters. The molecule has 2 aliphatic rings. The van der Waals surface area contributed by atoms with Crippen LogP contribution in [0.3, 0.4) is 0 Å². The average molecular weight is 342 g/mol. The molecule has 2 aromatic rings. The van der Waals surface area contributed by atoms with E-state index in [0.717, 1.165) is 37.9 Å². The highest BCUT2D eigenvalue weighted by atomic mass is 32.1. The predicted molar refractivity (Wildman–Crippen MR) is 94.0 cm³/mol. The van der Waals surface area contributed by atoms with Crippen molar-refractivity contribution in [3.05, 3.63) is 40.9 Å². The Morgan fingerprint density at radius 1 is 1.04 bits per heavy atom. The minimum atomic E-state index is -0.323. The minimum Gasteiger partial charge on any atom is -0.345 e. The molecule has 0 N–H and O–H groups in total. The summed E-state index contributed by atoms with van der Waals surface area (Å²) in [5.74, 6) is -0.590. The highest BCUT2D eigenvalue weighted by molar-refractivity contribution is 7.18. The Hall–Kier alpha value is -2.25. The number of amides is 2. The van der Waals surface area contributed by atoms with Crippen molar-refractivity contribution in [3.63, 3.8) is 0 Å². The summed E-state index contributed by atoms with van der Waals surface area (Å²) in [6, 6.07) is 9.01. The second kappa shape index (κ2) is 5.99. The summed E-state index contributed by atoms with van der Waals surface area (Å²) in [7, 11) is 0. The monoisotopic (exact) mass is 342 g/mol. The highest BCUT2D eigenvalue weighted by Crippen LogP contribution is 2.35. The van der Waals surface area contributed by atoms with Gasteiger partial charge in [0.05, 0.1) is 5.69 Å². The van der Waals surface area contributed by atoms with Crippen LogP contribution in [0, 0.1) is 0 Å². The maximum absolute atomic E-state index is 12.7. The van der Waals surface area contributed by atoms with E-state index >= 15 is 0 Å². The summed E-state index contributed by atoms with van der Waals surface area (Å²) in [6.07, 6.45) is 0. The summed E-state index contributed by atoms with van der Waals surface area (Å²) >= 11 is 1.33. The van der Waals surface area contributed by atoms with E-state index in [1.165, 1.54) is 16.2 Å². The second-order valence-corrected chi connectivity index (χ2v) is 6.85. The normalized spacial score (nSPS) is 18.4. The molecule has 0 atom stereocenters. The van der Waals surface area contributed by atoms with Crippen LogP contribution in [0.1, 0.15) is 27.1 Å². The minimum absolute atomic E-state index is 0.267. The van der Waals surface area contributed by atoms with Gasteiger partial charge < -0.3 is 9.80 Å². The molecule has 6 nitrogen and oxygen atoms in total. The van der Waals surface area contributed by atoms with Crippen molar-refractivity contribution in [1.29, 1.82) is 0 Å². The van der Waals surface area contributed by atoms with E-state index in [1.54, 1.807) is 12.1 Å². The Labute approximate surface area is 144 Å². The Kier molecular flexibility index (Phi) is 3.82. The molecule has 124 valence electrons. The lowest BCUT2D eigenvalue weighted by atomic mass is 10.3. The SMILES string of the molecule is CCN1CCN(c2nc3c(s2)C(=O)N(c2ccccc2)C3=O)CC1. The summed E-state index contributed by atoms with van der Waals surface area (Å²) in [5.41, 5.74) is 0.887. The van der Waals surface area contributed by atoms with Gasteiger partial charge in [-0.1, -0.05) is 36.5 Å². The quantitative estimate of drug-likeness (QED) is 0.800. The lowest BCUT2D eigenvalue weighted by Crippen LogP contribution is -2.46. The van der Waals surface area contributed by atoms with Gasteiger partial charge in [0.15, 0.2) is 10.8 Å². The van der Waals surface area contributed by atoms with Crippen molar-refractivity contribution < 1.29 is 9.59 Å². The standard InChI is InChI=1S/C17H18N4O2S/c1-2-19-8-10-20(11-9-19)17-18-13-14(24-17)16(23)21(15(13)22)12-6-4-3-5-7-12/h3-7H,2,8-11H2,1H3. The van der Waals surface area contributed by atoms with Crippen LogP contribution in [-0.2, 0) is 0 Å².